The number of benzene rings is 1. The van der Waals surface area contributed by atoms with Gasteiger partial charge in [0, 0.05) is 18.3 Å². The molecule has 1 N–H and O–H groups in total. The second-order valence-corrected chi connectivity index (χ2v) is 5.69. The van der Waals surface area contributed by atoms with Gasteiger partial charge in [-0.25, -0.2) is 9.48 Å². The van der Waals surface area contributed by atoms with Gasteiger partial charge in [-0.3, -0.25) is 20.0 Å². The molecule has 0 bridgehead atoms. The lowest BCUT2D eigenvalue weighted by Gasteiger charge is -2.19. The topological polar surface area (TPSA) is 80.1 Å². The summed E-state index contributed by atoms with van der Waals surface area (Å²) in [5.74, 6) is -0.482. The number of urea groups is 1. The molecule has 7 nitrogen and oxygen atoms in total. The molecule has 0 aliphatic rings. The van der Waals surface area contributed by atoms with E-state index in [2.05, 4.69) is 15.4 Å². The maximum absolute atomic E-state index is 12.5. The van der Waals surface area contributed by atoms with Crippen LogP contribution in [-0.2, 0) is 0 Å². The third kappa shape index (κ3) is 3.73. The van der Waals surface area contributed by atoms with Crippen LogP contribution in [0.25, 0.3) is 5.69 Å². The highest BCUT2D eigenvalue weighted by molar-refractivity contribution is 6.32. The maximum atomic E-state index is 12.5. The fourth-order valence-electron chi connectivity index (χ4n) is 2.40. The molecule has 0 atom stereocenters. The van der Waals surface area contributed by atoms with Gasteiger partial charge in [0.1, 0.15) is 5.69 Å². The lowest BCUT2D eigenvalue weighted by Crippen LogP contribution is -2.43. The van der Waals surface area contributed by atoms with Gasteiger partial charge in [0.05, 0.1) is 18.1 Å². The Bertz CT molecular complexity index is 912. The molecule has 0 aliphatic carbocycles. The lowest BCUT2D eigenvalue weighted by molar-refractivity contribution is 0.0965. The van der Waals surface area contributed by atoms with Gasteiger partial charge in [-0.05, 0) is 31.2 Å². The number of nitrogens with one attached hydrogen (secondary N) is 1. The minimum atomic E-state index is -0.575. The molecule has 2 aromatic heterocycles. The molecular weight excluding hydrogens is 354 g/mol. The largest absolute Gasteiger partial charge is 0.328 e. The molecule has 0 unspecified atom stereocenters. The van der Waals surface area contributed by atoms with Crippen LogP contribution in [0, 0.1) is 0 Å². The number of pyridine rings is 1. The van der Waals surface area contributed by atoms with E-state index in [1.807, 2.05) is 6.07 Å². The van der Waals surface area contributed by atoms with Gasteiger partial charge < -0.3 is 0 Å². The van der Waals surface area contributed by atoms with E-state index in [0.717, 1.165) is 0 Å². The van der Waals surface area contributed by atoms with Crippen LogP contribution in [0.3, 0.4) is 0 Å². The Balaban J connectivity index is 1.81. The summed E-state index contributed by atoms with van der Waals surface area (Å²) in [5, 5.41) is 6.72. The molecule has 0 radical (unpaired) electrons. The summed E-state index contributed by atoms with van der Waals surface area (Å²) in [7, 11) is 0. The first kappa shape index (κ1) is 17.6. The number of hydrogen-bond acceptors (Lipinski definition) is 4. The van der Waals surface area contributed by atoms with Gasteiger partial charge in [0.15, 0.2) is 5.15 Å². The number of hydrogen-bond donors (Lipinski definition) is 1. The molecule has 0 fully saturated rings. The van der Waals surface area contributed by atoms with E-state index in [1.165, 1.54) is 9.58 Å². The Labute approximate surface area is 155 Å². The van der Waals surface area contributed by atoms with E-state index in [4.69, 9.17) is 11.6 Å². The van der Waals surface area contributed by atoms with Gasteiger partial charge in [-0.1, -0.05) is 29.8 Å². The fourth-order valence-corrected chi connectivity index (χ4v) is 2.63. The molecule has 8 heteroatoms. The molecule has 3 rings (SSSR count). The minimum absolute atomic E-state index is 0.151. The molecule has 2 heterocycles. The molecule has 3 aromatic rings. The van der Waals surface area contributed by atoms with Gasteiger partial charge >= 0.3 is 6.03 Å². The Morgan fingerprint density at radius 3 is 2.62 bits per heavy atom. The Kier molecular flexibility index (Phi) is 5.28. The van der Waals surface area contributed by atoms with Crippen molar-refractivity contribution in [2.75, 3.05) is 11.4 Å². The maximum Gasteiger partial charge on any atom is 0.328 e. The summed E-state index contributed by atoms with van der Waals surface area (Å²) in [6.45, 7) is 2.09. The minimum Gasteiger partial charge on any atom is -0.290 e. The van der Waals surface area contributed by atoms with Crippen molar-refractivity contribution in [1.82, 2.24) is 20.1 Å². The molecule has 1 aromatic carbocycles. The number of imide groups is 1. The van der Waals surface area contributed by atoms with Crippen LogP contribution in [0.15, 0.2) is 61.1 Å². The zero-order valence-corrected chi connectivity index (χ0v) is 14.7. The van der Waals surface area contributed by atoms with Crippen molar-refractivity contribution in [3.63, 3.8) is 0 Å². The van der Waals surface area contributed by atoms with Crippen molar-refractivity contribution in [3.05, 3.63) is 71.8 Å². The molecule has 0 aliphatic heterocycles. The number of rotatable bonds is 4. The molecule has 0 saturated heterocycles. The van der Waals surface area contributed by atoms with E-state index >= 15 is 0 Å². The third-order valence-electron chi connectivity index (χ3n) is 3.67. The standard InChI is InChI=1S/C18H16ClN5O2/c1-2-23(18(26)21-17(25)13-7-4-3-5-8-13)15-12-24(22-16(15)19)14-9-6-10-20-11-14/h3-12H,2H2,1H3,(H,21,25,26). The second kappa shape index (κ2) is 7.79. The molecule has 26 heavy (non-hydrogen) atoms. The van der Waals surface area contributed by atoms with Crippen LogP contribution in [0.2, 0.25) is 5.15 Å². The third-order valence-corrected chi connectivity index (χ3v) is 3.94. The van der Waals surface area contributed by atoms with Gasteiger partial charge in [-0.2, -0.15) is 5.10 Å². The highest BCUT2D eigenvalue weighted by atomic mass is 35.5. The number of aromatic nitrogens is 3. The van der Waals surface area contributed by atoms with Crippen LogP contribution in [-0.4, -0.2) is 33.2 Å². The predicted molar refractivity (Wildman–Crippen MR) is 98.7 cm³/mol. The summed E-state index contributed by atoms with van der Waals surface area (Å²) in [6.07, 6.45) is 4.90. The zero-order chi connectivity index (χ0) is 18.5. The van der Waals surface area contributed by atoms with Crippen LogP contribution in [0.1, 0.15) is 17.3 Å². The van der Waals surface area contributed by atoms with Crippen LogP contribution >= 0.6 is 11.6 Å². The van der Waals surface area contributed by atoms with Crippen LogP contribution in [0.5, 0.6) is 0 Å². The number of nitrogens with zero attached hydrogens (tertiary/aromatic N) is 4. The molecular formula is C18H16ClN5O2. The van der Waals surface area contributed by atoms with Crippen molar-refractivity contribution in [2.45, 2.75) is 6.92 Å². The average Bonchev–Trinajstić information content (AvgIpc) is 3.05. The monoisotopic (exact) mass is 369 g/mol. The smallest absolute Gasteiger partial charge is 0.290 e. The summed E-state index contributed by atoms with van der Waals surface area (Å²) >= 11 is 6.21. The van der Waals surface area contributed by atoms with Crippen LogP contribution < -0.4 is 10.2 Å². The SMILES string of the molecule is CCN(C(=O)NC(=O)c1ccccc1)c1cn(-c2cccnc2)nc1Cl. The normalized spacial score (nSPS) is 10.4. The van der Waals surface area contributed by atoms with E-state index in [9.17, 15) is 9.59 Å². The van der Waals surface area contributed by atoms with Crippen molar-refractivity contribution < 1.29 is 9.59 Å². The van der Waals surface area contributed by atoms with Gasteiger partial charge in [0.25, 0.3) is 5.91 Å². The lowest BCUT2D eigenvalue weighted by atomic mass is 10.2. The number of carbonyl (C=O) groups excluding carboxylic acids is 2. The van der Waals surface area contributed by atoms with E-state index in [0.29, 0.717) is 23.5 Å². The Morgan fingerprint density at radius 1 is 1.19 bits per heavy atom. The number of amides is 3. The van der Waals surface area contributed by atoms with E-state index in [1.54, 1.807) is 61.9 Å². The highest BCUT2D eigenvalue weighted by Crippen LogP contribution is 2.26. The Hall–Kier alpha value is -3.19. The van der Waals surface area contributed by atoms with E-state index in [-0.39, 0.29) is 5.15 Å². The van der Waals surface area contributed by atoms with Crippen molar-refractivity contribution in [2.24, 2.45) is 0 Å². The summed E-state index contributed by atoms with van der Waals surface area (Å²) in [6, 6.07) is 11.5. The summed E-state index contributed by atoms with van der Waals surface area (Å²) < 4.78 is 1.53. The van der Waals surface area contributed by atoms with E-state index < -0.39 is 11.9 Å². The van der Waals surface area contributed by atoms with Crippen molar-refractivity contribution in [3.8, 4) is 5.69 Å². The average molecular weight is 370 g/mol. The number of halogens is 1. The molecule has 132 valence electrons. The van der Waals surface area contributed by atoms with Crippen molar-refractivity contribution in [1.29, 1.82) is 0 Å². The fraction of sp³-hybridized carbons (Fsp3) is 0.111. The first-order chi connectivity index (χ1) is 12.6. The summed E-state index contributed by atoms with van der Waals surface area (Å²) in [4.78, 5) is 30.1. The molecule has 3 amide bonds. The van der Waals surface area contributed by atoms with Crippen molar-refractivity contribution >= 4 is 29.2 Å². The molecule has 0 spiro atoms. The van der Waals surface area contributed by atoms with Gasteiger partial charge in [-0.15, -0.1) is 0 Å². The van der Waals surface area contributed by atoms with Crippen LogP contribution in [0.4, 0.5) is 10.5 Å². The number of carbonyl (C=O) groups is 2. The zero-order valence-electron chi connectivity index (χ0n) is 14.0. The summed E-state index contributed by atoms with van der Waals surface area (Å²) in [5.41, 5.74) is 1.50. The van der Waals surface area contributed by atoms with Gasteiger partial charge in [0.2, 0.25) is 0 Å². The second-order valence-electron chi connectivity index (χ2n) is 5.33. The predicted octanol–water partition coefficient (Wildman–Crippen LogP) is 3.30. The highest BCUT2D eigenvalue weighted by Gasteiger charge is 2.22. The first-order valence-electron chi connectivity index (χ1n) is 7.93. The first-order valence-corrected chi connectivity index (χ1v) is 8.31. The quantitative estimate of drug-likeness (QED) is 0.765. The molecule has 0 saturated carbocycles. The Morgan fingerprint density at radius 2 is 1.96 bits per heavy atom. The number of anilines is 1.